The van der Waals surface area contributed by atoms with Gasteiger partial charge in [0.2, 0.25) is 0 Å². The summed E-state index contributed by atoms with van der Waals surface area (Å²) in [6.45, 7) is 0.914. The number of nitrogens with two attached hydrogens (primary N) is 1. The lowest BCUT2D eigenvalue weighted by Gasteiger charge is -2.23. The van der Waals surface area contributed by atoms with Crippen molar-refractivity contribution in [3.05, 3.63) is 42.1 Å². The van der Waals surface area contributed by atoms with Gasteiger partial charge < -0.3 is 10.5 Å². The Bertz CT molecular complexity index is 564. The third kappa shape index (κ3) is 3.17. The van der Waals surface area contributed by atoms with Gasteiger partial charge in [-0.3, -0.25) is 4.98 Å². The molecule has 0 amide bonds. The highest BCUT2D eigenvalue weighted by molar-refractivity contribution is 5.78. The number of nitrogens with zero attached hydrogens (tertiary/aromatic N) is 1. The first-order valence-electron chi connectivity index (χ1n) is 7.55. The number of rotatable bonds is 4. The van der Waals surface area contributed by atoms with Crippen LogP contribution >= 0.6 is 0 Å². The van der Waals surface area contributed by atoms with Crippen molar-refractivity contribution in [2.45, 2.75) is 44.2 Å². The van der Waals surface area contributed by atoms with Gasteiger partial charge in [0.1, 0.15) is 0 Å². The minimum Gasteiger partial charge on any atom is -0.378 e. The summed E-state index contributed by atoms with van der Waals surface area (Å²) >= 11 is 0. The average Bonchev–Trinajstić information content (AvgIpc) is 2.53. The molecule has 1 saturated heterocycles. The summed E-state index contributed by atoms with van der Waals surface area (Å²) in [6.07, 6.45) is 8.01. The fraction of sp³-hybridized carbons (Fsp3) is 0.471. The monoisotopic (exact) mass is 270 g/mol. The molecule has 2 unspecified atom stereocenters. The molecular weight excluding hydrogens is 248 g/mol. The van der Waals surface area contributed by atoms with Crippen molar-refractivity contribution in [1.82, 2.24) is 4.98 Å². The standard InChI is InChI=1S/C17H22N2O/c18-16(9-8-15-6-3-4-10-20-15)14-11-13-5-1-2-7-17(13)19-12-14/h1-2,5,7,11-12,15-16H,3-4,6,8-10,18H2. The summed E-state index contributed by atoms with van der Waals surface area (Å²) in [5.74, 6) is 0. The molecule has 0 radical (unpaired) electrons. The van der Waals surface area contributed by atoms with E-state index >= 15 is 0 Å². The van der Waals surface area contributed by atoms with Crippen LogP contribution < -0.4 is 5.73 Å². The Morgan fingerprint density at radius 1 is 1.30 bits per heavy atom. The number of hydrogen-bond acceptors (Lipinski definition) is 3. The summed E-state index contributed by atoms with van der Waals surface area (Å²) in [4.78, 5) is 4.49. The first-order valence-corrected chi connectivity index (χ1v) is 7.55. The molecule has 2 heterocycles. The number of aromatic nitrogens is 1. The molecule has 20 heavy (non-hydrogen) atoms. The molecule has 0 bridgehead atoms. The summed E-state index contributed by atoms with van der Waals surface area (Å²) in [7, 11) is 0. The van der Waals surface area contributed by atoms with Crippen LogP contribution in [0.5, 0.6) is 0 Å². The lowest BCUT2D eigenvalue weighted by molar-refractivity contribution is 0.00912. The number of fused-ring (bicyclic) bond motifs is 1. The van der Waals surface area contributed by atoms with Gasteiger partial charge >= 0.3 is 0 Å². The molecule has 0 saturated carbocycles. The highest BCUT2D eigenvalue weighted by Crippen LogP contribution is 2.23. The Balaban J connectivity index is 1.64. The van der Waals surface area contributed by atoms with E-state index in [9.17, 15) is 0 Å². The molecule has 1 aliphatic heterocycles. The van der Waals surface area contributed by atoms with Gasteiger partial charge in [-0.2, -0.15) is 0 Å². The molecule has 2 N–H and O–H groups in total. The van der Waals surface area contributed by atoms with E-state index < -0.39 is 0 Å². The zero-order chi connectivity index (χ0) is 13.8. The summed E-state index contributed by atoms with van der Waals surface area (Å²) < 4.78 is 5.76. The number of pyridine rings is 1. The second-order valence-electron chi connectivity index (χ2n) is 5.63. The maximum Gasteiger partial charge on any atom is 0.0702 e. The molecule has 3 nitrogen and oxygen atoms in total. The van der Waals surface area contributed by atoms with Gasteiger partial charge in [0.25, 0.3) is 0 Å². The normalized spacial score (nSPS) is 20.9. The van der Waals surface area contributed by atoms with Crippen LogP contribution in [0.1, 0.15) is 43.7 Å². The fourth-order valence-electron chi connectivity index (χ4n) is 2.86. The van der Waals surface area contributed by atoms with Gasteiger partial charge in [0.05, 0.1) is 11.6 Å². The first kappa shape index (κ1) is 13.5. The van der Waals surface area contributed by atoms with Crippen LogP contribution in [0.2, 0.25) is 0 Å². The molecule has 1 aliphatic rings. The van der Waals surface area contributed by atoms with E-state index in [0.29, 0.717) is 6.10 Å². The molecule has 1 fully saturated rings. The quantitative estimate of drug-likeness (QED) is 0.923. The Morgan fingerprint density at radius 2 is 2.20 bits per heavy atom. The Morgan fingerprint density at radius 3 is 3.05 bits per heavy atom. The van der Waals surface area contributed by atoms with E-state index in [2.05, 4.69) is 17.1 Å². The molecular formula is C17H22N2O. The van der Waals surface area contributed by atoms with Crippen molar-refractivity contribution in [3.63, 3.8) is 0 Å². The highest BCUT2D eigenvalue weighted by Gasteiger charge is 2.16. The Labute approximate surface area is 120 Å². The average molecular weight is 270 g/mol. The summed E-state index contributed by atoms with van der Waals surface area (Å²) in [5.41, 5.74) is 8.46. The minimum absolute atomic E-state index is 0.0534. The molecule has 2 aromatic rings. The number of ether oxygens (including phenoxy) is 1. The van der Waals surface area contributed by atoms with E-state index in [1.165, 1.54) is 19.3 Å². The highest BCUT2D eigenvalue weighted by atomic mass is 16.5. The molecule has 0 aliphatic carbocycles. The van der Waals surface area contributed by atoms with E-state index in [0.717, 1.165) is 35.9 Å². The molecule has 106 valence electrons. The van der Waals surface area contributed by atoms with Crippen molar-refractivity contribution in [3.8, 4) is 0 Å². The van der Waals surface area contributed by atoms with Crippen LogP contribution in [-0.4, -0.2) is 17.7 Å². The maximum atomic E-state index is 6.31. The van der Waals surface area contributed by atoms with E-state index in [-0.39, 0.29) is 6.04 Å². The molecule has 0 spiro atoms. The van der Waals surface area contributed by atoms with Crippen molar-refractivity contribution in [2.75, 3.05) is 6.61 Å². The SMILES string of the molecule is NC(CCC1CCCCO1)c1cnc2ccccc2c1. The fourth-order valence-corrected chi connectivity index (χ4v) is 2.86. The van der Waals surface area contributed by atoms with Gasteiger partial charge in [-0.25, -0.2) is 0 Å². The molecule has 2 atom stereocenters. The van der Waals surface area contributed by atoms with Crippen molar-refractivity contribution in [1.29, 1.82) is 0 Å². The van der Waals surface area contributed by atoms with Crippen molar-refractivity contribution >= 4 is 10.9 Å². The Hall–Kier alpha value is -1.45. The lowest BCUT2D eigenvalue weighted by atomic mass is 9.98. The first-order chi connectivity index (χ1) is 9.83. The maximum absolute atomic E-state index is 6.31. The van der Waals surface area contributed by atoms with Crippen LogP contribution in [0.15, 0.2) is 36.5 Å². The van der Waals surface area contributed by atoms with E-state index in [1.807, 2.05) is 24.4 Å². The minimum atomic E-state index is 0.0534. The third-order valence-corrected chi connectivity index (χ3v) is 4.11. The third-order valence-electron chi connectivity index (χ3n) is 4.11. The van der Waals surface area contributed by atoms with Gasteiger partial charge in [0, 0.05) is 24.2 Å². The smallest absolute Gasteiger partial charge is 0.0702 e. The molecule has 3 heteroatoms. The second-order valence-corrected chi connectivity index (χ2v) is 5.63. The van der Waals surface area contributed by atoms with Crippen LogP contribution in [0.4, 0.5) is 0 Å². The predicted molar refractivity (Wildman–Crippen MR) is 81.5 cm³/mol. The summed E-state index contributed by atoms with van der Waals surface area (Å²) in [6, 6.07) is 10.4. The number of para-hydroxylation sites is 1. The van der Waals surface area contributed by atoms with Crippen LogP contribution in [-0.2, 0) is 4.74 Å². The van der Waals surface area contributed by atoms with Gasteiger partial charge in [-0.05, 0) is 49.8 Å². The number of benzene rings is 1. The van der Waals surface area contributed by atoms with Crippen molar-refractivity contribution < 1.29 is 4.74 Å². The van der Waals surface area contributed by atoms with E-state index in [1.54, 1.807) is 0 Å². The van der Waals surface area contributed by atoms with Gasteiger partial charge in [0.15, 0.2) is 0 Å². The van der Waals surface area contributed by atoms with E-state index in [4.69, 9.17) is 10.5 Å². The van der Waals surface area contributed by atoms with Crippen LogP contribution in [0.3, 0.4) is 0 Å². The van der Waals surface area contributed by atoms with Gasteiger partial charge in [-0.1, -0.05) is 18.2 Å². The zero-order valence-electron chi connectivity index (χ0n) is 11.8. The summed E-state index contributed by atoms with van der Waals surface area (Å²) in [5, 5.41) is 1.16. The second kappa shape index (κ2) is 6.33. The van der Waals surface area contributed by atoms with Crippen LogP contribution in [0.25, 0.3) is 10.9 Å². The Kier molecular flexibility index (Phi) is 4.28. The number of hydrogen-bond donors (Lipinski definition) is 1. The van der Waals surface area contributed by atoms with Crippen molar-refractivity contribution in [2.24, 2.45) is 5.73 Å². The molecule has 3 rings (SSSR count). The predicted octanol–water partition coefficient (Wildman–Crippen LogP) is 3.58. The van der Waals surface area contributed by atoms with Crippen LogP contribution in [0, 0.1) is 0 Å². The molecule has 1 aromatic carbocycles. The van der Waals surface area contributed by atoms with Gasteiger partial charge in [-0.15, -0.1) is 0 Å². The largest absolute Gasteiger partial charge is 0.378 e. The molecule has 1 aromatic heterocycles. The lowest BCUT2D eigenvalue weighted by Crippen LogP contribution is -2.21. The zero-order valence-corrected chi connectivity index (χ0v) is 11.8. The topological polar surface area (TPSA) is 48.1 Å².